The molecule has 0 aromatic carbocycles. The smallest absolute Gasteiger partial charge is 0.0474 e. The molecule has 2 aliphatic rings. The van der Waals surface area contributed by atoms with Gasteiger partial charge in [0, 0.05) is 45.4 Å². The van der Waals surface area contributed by atoms with E-state index in [1.54, 1.807) is 7.11 Å². The van der Waals surface area contributed by atoms with Crippen molar-refractivity contribution >= 4 is 0 Å². The largest absolute Gasteiger partial charge is 0.385 e. The molecule has 2 unspecified atom stereocenters. The summed E-state index contributed by atoms with van der Waals surface area (Å²) in [6.45, 7) is 9.19. The fourth-order valence-electron chi connectivity index (χ4n) is 2.99. The molecule has 100 valence electrons. The molecule has 1 aliphatic carbocycles. The van der Waals surface area contributed by atoms with Crippen molar-refractivity contribution in [3.8, 4) is 0 Å². The lowest BCUT2D eigenvalue weighted by Crippen LogP contribution is -2.59. The normalized spacial score (nSPS) is 31.1. The van der Waals surface area contributed by atoms with E-state index >= 15 is 0 Å². The first-order valence-corrected chi connectivity index (χ1v) is 7.18. The van der Waals surface area contributed by atoms with Crippen LogP contribution in [0.25, 0.3) is 0 Å². The van der Waals surface area contributed by atoms with Crippen LogP contribution < -0.4 is 5.32 Å². The van der Waals surface area contributed by atoms with Crippen molar-refractivity contribution in [2.24, 2.45) is 11.8 Å². The number of hydrogen-bond donors (Lipinski definition) is 1. The van der Waals surface area contributed by atoms with E-state index in [1.807, 2.05) is 0 Å². The summed E-state index contributed by atoms with van der Waals surface area (Å²) >= 11 is 0. The van der Waals surface area contributed by atoms with Gasteiger partial charge < -0.3 is 10.1 Å². The van der Waals surface area contributed by atoms with E-state index < -0.39 is 0 Å². The van der Waals surface area contributed by atoms with E-state index in [1.165, 1.54) is 32.5 Å². The summed E-state index contributed by atoms with van der Waals surface area (Å²) in [6.07, 6.45) is 4.04. The fourth-order valence-corrected chi connectivity index (χ4v) is 2.99. The third-order valence-electron chi connectivity index (χ3n) is 4.24. The number of hydrogen-bond acceptors (Lipinski definition) is 3. The molecule has 1 aliphatic heterocycles. The van der Waals surface area contributed by atoms with Crippen LogP contribution in [0.3, 0.4) is 0 Å². The second kappa shape index (κ2) is 6.17. The minimum Gasteiger partial charge on any atom is -0.385 e. The Kier molecular flexibility index (Phi) is 4.83. The molecule has 0 aromatic heterocycles. The predicted octanol–water partition coefficient (Wildman–Crippen LogP) is 1.73. The van der Waals surface area contributed by atoms with Crippen molar-refractivity contribution in [2.75, 3.05) is 33.4 Å². The van der Waals surface area contributed by atoms with Gasteiger partial charge in [0.25, 0.3) is 0 Å². The molecule has 2 atom stereocenters. The second-order valence-electron chi connectivity index (χ2n) is 6.00. The SMILES string of the molecule is COCCCN1CC(C2CC2)NCC1C(C)C. The van der Waals surface area contributed by atoms with Crippen LogP contribution in [0.15, 0.2) is 0 Å². The molecule has 1 heterocycles. The van der Waals surface area contributed by atoms with Crippen molar-refractivity contribution in [1.82, 2.24) is 10.2 Å². The molecule has 1 saturated heterocycles. The molecule has 3 heteroatoms. The van der Waals surface area contributed by atoms with Gasteiger partial charge in [0.15, 0.2) is 0 Å². The van der Waals surface area contributed by atoms with Crippen molar-refractivity contribution < 1.29 is 4.74 Å². The number of methoxy groups -OCH3 is 1. The Hall–Kier alpha value is -0.120. The van der Waals surface area contributed by atoms with E-state index in [9.17, 15) is 0 Å². The van der Waals surface area contributed by atoms with Crippen molar-refractivity contribution in [3.63, 3.8) is 0 Å². The Balaban J connectivity index is 1.84. The van der Waals surface area contributed by atoms with E-state index in [4.69, 9.17) is 4.74 Å². The zero-order chi connectivity index (χ0) is 12.3. The number of piperazine rings is 1. The monoisotopic (exact) mass is 240 g/mol. The number of nitrogens with zero attached hydrogens (tertiary/aromatic N) is 1. The van der Waals surface area contributed by atoms with Crippen LogP contribution >= 0.6 is 0 Å². The molecule has 1 saturated carbocycles. The molecule has 0 bridgehead atoms. The topological polar surface area (TPSA) is 24.5 Å². The van der Waals surface area contributed by atoms with Gasteiger partial charge in [0.2, 0.25) is 0 Å². The molecule has 17 heavy (non-hydrogen) atoms. The van der Waals surface area contributed by atoms with E-state index in [2.05, 4.69) is 24.1 Å². The maximum absolute atomic E-state index is 5.17. The lowest BCUT2D eigenvalue weighted by molar-refractivity contribution is 0.0801. The summed E-state index contributed by atoms with van der Waals surface area (Å²) in [6, 6.07) is 1.47. The van der Waals surface area contributed by atoms with Crippen LogP contribution in [0.2, 0.25) is 0 Å². The molecule has 0 aromatic rings. The third-order valence-corrected chi connectivity index (χ3v) is 4.24. The molecular weight excluding hydrogens is 212 g/mol. The lowest BCUT2D eigenvalue weighted by atomic mass is 9.97. The summed E-state index contributed by atoms with van der Waals surface area (Å²) in [7, 11) is 1.80. The highest BCUT2D eigenvalue weighted by Crippen LogP contribution is 2.34. The Labute approximate surface area is 106 Å². The number of rotatable bonds is 6. The summed E-state index contributed by atoms with van der Waals surface area (Å²) in [5, 5.41) is 3.76. The van der Waals surface area contributed by atoms with Crippen LogP contribution in [0.4, 0.5) is 0 Å². The summed E-state index contributed by atoms with van der Waals surface area (Å²) < 4.78 is 5.17. The Morgan fingerprint density at radius 3 is 2.71 bits per heavy atom. The predicted molar refractivity (Wildman–Crippen MR) is 71.2 cm³/mol. The fraction of sp³-hybridized carbons (Fsp3) is 1.00. The molecule has 2 rings (SSSR count). The maximum Gasteiger partial charge on any atom is 0.0474 e. The molecule has 3 nitrogen and oxygen atoms in total. The third kappa shape index (κ3) is 3.67. The van der Waals surface area contributed by atoms with E-state index in [-0.39, 0.29) is 0 Å². The van der Waals surface area contributed by atoms with Crippen LogP contribution in [0.5, 0.6) is 0 Å². The average Bonchev–Trinajstić information content (AvgIpc) is 3.13. The first-order valence-electron chi connectivity index (χ1n) is 7.18. The Morgan fingerprint density at radius 2 is 2.12 bits per heavy atom. The molecule has 0 amide bonds. The minimum atomic E-state index is 0.710. The van der Waals surface area contributed by atoms with Crippen molar-refractivity contribution in [2.45, 2.75) is 45.2 Å². The van der Waals surface area contributed by atoms with Gasteiger partial charge >= 0.3 is 0 Å². The summed E-state index contributed by atoms with van der Waals surface area (Å²) in [5.41, 5.74) is 0. The van der Waals surface area contributed by atoms with E-state index in [0.29, 0.717) is 6.04 Å². The first kappa shape index (κ1) is 13.3. The highest BCUT2D eigenvalue weighted by molar-refractivity contribution is 4.95. The molecule has 0 spiro atoms. The van der Waals surface area contributed by atoms with Gasteiger partial charge in [-0.1, -0.05) is 13.8 Å². The van der Waals surface area contributed by atoms with E-state index in [0.717, 1.165) is 30.9 Å². The maximum atomic E-state index is 5.17. The first-order chi connectivity index (χ1) is 8.22. The van der Waals surface area contributed by atoms with Crippen molar-refractivity contribution in [3.05, 3.63) is 0 Å². The standard InChI is InChI=1S/C14H28N2O/c1-11(2)14-9-15-13(12-5-6-12)10-16(14)7-4-8-17-3/h11-15H,4-10H2,1-3H3. The second-order valence-corrected chi connectivity index (χ2v) is 6.00. The minimum absolute atomic E-state index is 0.710. The number of ether oxygens (including phenoxy) is 1. The van der Waals surface area contributed by atoms with Crippen molar-refractivity contribution in [1.29, 1.82) is 0 Å². The molecule has 0 radical (unpaired) electrons. The van der Waals surface area contributed by atoms with Gasteiger partial charge in [0.1, 0.15) is 0 Å². The zero-order valence-electron chi connectivity index (χ0n) is 11.6. The lowest BCUT2D eigenvalue weighted by Gasteiger charge is -2.42. The van der Waals surface area contributed by atoms with Crippen LogP contribution in [-0.2, 0) is 4.74 Å². The Morgan fingerprint density at radius 1 is 1.35 bits per heavy atom. The van der Waals surface area contributed by atoms with Crippen LogP contribution in [0, 0.1) is 11.8 Å². The Bertz CT molecular complexity index is 228. The highest BCUT2D eigenvalue weighted by atomic mass is 16.5. The van der Waals surface area contributed by atoms with Gasteiger partial charge in [-0.15, -0.1) is 0 Å². The summed E-state index contributed by atoms with van der Waals surface area (Å²) in [5.74, 6) is 1.71. The summed E-state index contributed by atoms with van der Waals surface area (Å²) in [4.78, 5) is 2.70. The van der Waals surface area contributed by atoms with Gasteiger partial charge in [-0.3, -0.25) is 4.90 Å². The quantitative estimate of drug-likeness (QED) is 0.716. The molecule has 1 N–H and O–H groups in total. The average molecular weight is 240 g/mol. The van der Waals surface area contributed by atoms with Gasteiger partial charge in [0.05, 0.1) is 0 Å². The van der Waals surface area contributed by atoms with Gasteiger partial charge in [-0.2, -0.15) is 0 Å². The van der Waals surface area contributed by atoms with Gasteiger partial charge in [-0.05, 0) is 31.1 Å². The van der Waals surface area contributed by atoms with Crippen LogP contribution in [-0.4, -0.2) is 50.3 Å². The zero-order valence-corrected chi connectivity index (χ0v) is 11.6. The molecule has 2 fully saturated rings. The highest BCUT2D eigenvalue weighted by Gasteiger charge is 2.37. The van der Waals surface area contributed by atoms with Crippen LogP contribution in [0.1, 0.15) is 33.1 Å². The number of nitrogens with one attached hydrogen (secondary N) is 1. The molecular formula is C14H28N2O. The van der Waals surface area contributed by atoms with Gasteiger partial charge in [-0.25, -0.2) is 0 Å².